The lowest BCUT2D eigenvalue weighted by Crippen LogP contribution is -2.32. The number of rotatable bonds is 7. The van der Waals surface area contributed by atoms with Crippen molar-refractivity contribution in [3.8, 4) is 5.75 Å². The number of hydrogen-bond acceptors (Lipinski definition) is 3. The highest BCUT2D eigenvalue weighted by Gasteiger charge is 2.16. The second-order valence-corrected chi connectivity index (χ2v) is 7.60. The van der Waals surface area contributed by atoms with Gasteiger partial charge in [0.05, 0.1) is 0 Å². The number of likely N-dealkylation sites (tertiary alicyclic amines) is 1. The highest BCUT2D eigenvalue weighted by molar-refractivity contribution is 6.31. The van der Waals surface area contributed by atoms with E-state index < -0.39 is 0 Å². The van der Waals surface area contributed by atoms with E-state index in [2.05, 4.69) is 17.3 Å². The van der Waals surface area contributed by atoms with E-state index in [1.807, 2.05) is 36.4 Å². The van der Waals surface area contributed by atoms with Gasteiger partial charge in [-0.1, -0.05) is 29.8 Å². The number of nitrogens with one attached hydrogen (secondary N) is 1. The summed E-state index contributed by atoms with van der Waals surface area (Å²) in [6.45, 7) is 3.46. The van der Waals surface area contributed by atoms with Crippen LogP contribution in [0.5, 0.6) is 5.75 Å². The summed E-state index contributed by atoms with van der Waals surface area (Å²) in [4.78, 5) is 14.7. The molecule has 0 bridgehead atoms. The molecule has 1 heterocycles. The lowest BCUT2D eigenvalue weighted by molar-refractivity contribution is 0.0949. The van der Waals surface area contributed by atoms with Gasteiger partial charge in [0.25, 0.3) is 5.91 Å². The van der Waals surface area contributed by atoms with Crippen LogP contribution in [0.15, 0.2) is 48.5 Å². The van der Waals surface area contributed by atoms with Gasteiger partial charge < -0.3 is 15.0 Å². The van der Waals surface area contributed by atoms with Gasteiger partial charge in [-0.2, -0.15) is 0 Å². The zero-order valence-corrected chi connectivity index (χ0v) is 16.5. The Balaban J connectivity index is 1.42. The van der Waals surface area contributed by atoms with Crippen molar-refractivity contribution in [2.45, 2.75) is 25.9 Å². The highest BCUT2D eigenvalue weighted by atomic mass is 35.5. The summed E-state index contributed by atoms with van der Waals surface area (Å²) >= 11 is 6.13. The van der Waals surface area contributed by atoms with Crippen molar-refractivity contribution >= 4 is 17.5 Å². The Morgan fingerprint density at radius 3 is 2.56 bits per heavy atom. The van der Waals surface area contributed by atoms with Gasteiger partial charge in [-0.3, -0.25) is 4.79 Å². The number of benzene rings is 2. The molecule has 2 aromatic carbocycles. The molecule has 144 valence electrons. The van der Waals surface area contributed by atoms with Crippen LogP contribution in [0.25, 0.3) is 0 Å². The predicted octanol–water partition coefficient (Wildman–Crippen LogP) is 4.38. The summed E-state index contributed by atoms with van der Waals surface area (Å²) in [5, 5.41) is 3.72. The summed E-state index contributed by atoms with van der Waals surface area (Å²) < 4.78 is 5.76. The largest absolute Gasteiger partial charge is 0.489 e. The topological polar surface area (TPSA) is 41.6 Å². The van der Waals surface area contributed by atoms with E-state index in [4.69, 9.17) is 16.3 Å². The number of nitrogens with zero attached hydrogens (tertiary/aromatic N) is 1. The molecule has 1 saturated heterocycles. The number of piperidine rings is 1. The molecule has 1 amide bonds. The molecule has 4 nitrogen and oxygen atoms in total. The molecule has 27 heavy (non-hydrogen) atoms. The lowest BCUT2D eigenvalue weighted by atomic mass is 9.94. The summed E-state index contributed by atoms with van der Waals surface area (Å²) in [6.07, 6.45) is 3.51. The number of carbonyl (C=O) groups excluding carboxylic acids is 1. The molecule has 1 aliphatic rings. The third kappa shape index (κ3) is 5.98. The Morgan fingerprint density at radius 2 is 1.85 bits per heavy atom. The van der Waals surface area contributed by atoms with Gasteiger partial charge in [0.1, 0.15) is 12.4 Å². The first-order valence-corrected chi connectivity index (χ1v) is 9.92. The molecule has 0 radical (unpaired) electrons. The van der Waals surface area contributed by atoms with E-state index >= 15 is 0 Å². The maximum atomic E-state index is 12.3. The number of hydrogen-bond donors (Lipinski definition) is 1. The van der Waals surface area contributed by atoms with Crippen LogP contribution in [0.1, 0.15) is 35.2 Å². The molecule has 2 aromatic rings. The van der Waals surface area contributed by atoms with Crippen LogP contribution in [0, 0.1) is 5.92 Å². The minimum atomic E-state index is -0.0272. The molecule has 0 atom stereocenters. The van der Waals surface area contributed by atoms with Crippen LogP contribution in [-0.4, -0.2) is 37.5 Å². The number of carbonyl (C=O) groups is 1. The molecular formula is C22H27ClN2O2. The van der Waals surface area contributed by atoms with Gasteiger partial charge in [-0.05, 0) is 75.6 Å². The third-order valence-electron chi connectivity index (χ3n) is 5.14. The van der Waals surface area contributed by atoms with Crippen molar-refractivity contribution in [1.29, 1.82) is 0 Å². The summed E-state index contributed by atoms with van der Waals surface area (Å²) in [5.41, 5.74) is 1.60. The van der Waals surface area contributed by atoms with Gasteiger partial charge in [0.2, 0.25) is 0 Å². The molecule has 1 aliphatic heterocycles. The first kappa shape index (κ1) is 19.7. The SMILES string of the molecule is CN1CCC(CCNC(=O)c2ccc(OCc3ccccc3Cl)cc2)CC1. The van der Waals surface area contributed by atoms with E-state index in [-0.39, 0.29) is 5.91 Å². The van der Waals surface area contributed by atoms with Crippen molar-refractivity contribution < 1.29 is 9.53 Å². The Kier molecular flexibility index (Phi) is 7.13. The van der Waals surface area contributed by atoms with Crippen molar-refractivity contribution in [2.24, 2.45) is 5.92 Å². The van der Waals surface area contributed by atoms with Crippen LogP contribution < -0.4 is 10.1 Å². The molecular weight excluding hydrogens is 360 g/mol. The van der Waals surface area contributed by atoms with E-state index in [0.717, 1.165) is 43.3 Å². The Hall–Kier alpha value is -2.04. The van der Waals surface area contributed by atoms with E-state index in [0.29, 0.717) is 17.2 Å². The van der Waals surface area contributed by atoms with Crippen LogP contribution in [0.4, 0.5) is 0 Å². The molecule has 1 N–H and O–H groups in total. The Bertz CT molecular complexity index is 740. The van der Waals surface area contributed by atoms with Crippen molar-refractivity contribution in [1.82, 2.24) is 10.2 Å². The van der Waals surface area contributed by atoms with Crippen LogP contribution >= 0.6 is 11.6 Å². The standard InChI is InChI=1S/C22H27ClN2O2/c1-25-14-11-17(12-15-25)10-13-24-22(26)18-6-8-20(9-7-18)27-16-19-4-2-3-5-21(19)23/h2-9,17H,10-16H2,1H3,(H,24,26). The van der Waals surface area contributed by atoms with Gasteiger partial charge in [-0.15, -0.1) is 0 Å². The molecule has 0 saturated carbocycles. The normalized spacial score (nSPS) is 15.5. The number of ether oxygens (including phenoxy) is 1. The zero-order valence-electron chi connectivity index (χ0n) is 15.8. The van der Waals surface area contributed by atoms with E-state index in [1.165, 1.54) is 12.8 Å². The van der Waals surface area contributed by atoms with Crippen LogP contribution in [-0.2, 0) is 6.61 Å². The summed E-state index contributed by atoms with van der Waals surface area (Å²) in [5.74, 6) is 1.42. The number of halogens is 1. The van der Waals surface area contributed by atoms with E-state index in [1.54, 1.807) is 12.1 Å². The monoisotopic (exact) mass is 386 g/mol. The van der Waals surface area contributed by atoms with E-state index in [9.17, 15) is 4.79 Å². The first-order chi connectivity index (χ1) is 13.1. The number of amides is 1. The minimum Gasteiger partial charge on any atom is -0.489 e. The summed E-state index contributed by atoms with van der Waals surface area (Å²) in [7, 11) is 2.17. The van der Waals surface area contributed by atoms with Gasteiger partial charge in [0, 0.05) is 22.7 Å². The second kappa shape index (κ2) is 9.77. The average molecular weight is 387 g/mol. The maximum absolute atomic E-state index is 12.3. The van der Waals surface area contributed by atoms with Crippen LogP contribution in [0.2, 0.25) is 5.02 Å². The molecule has 0 aliphatic carbocycles. The fraction of sp³-hybridized carbons (Fsp3) is 0.409. The maximum Gasteiger partial charge on any atom is 0.251 e. The highest BCUT2D eigenvalue weighted by Crippen LogP contribution is 2.20. The molecule has 0 aromatic heterocycles. The Labute approximate surface area is 166 Å². The van der Waals surface area contributed by atoms with Crippen molar-refractivity contribution in [3.63, 3.8) is 0 Å². The Morgan fingerprint density at radius 1 is 1.15 bits per heavy atom. The minimum absolute atomic E-state index is 0.0272. The predicted molar refractivity (Wildman–Crippen MR) is 109 cm³/mol. The van der Waals surface area contributed by atoms with Crippen LogP contribution in [0.3, 0.4) is 0 Å². The first-order valence-electron chi connectivity index (χ1n) is 9.55. The molecule has 0 spiro atoms. The average Bonchev–Trinajstić information content (AvgIpc) is 2.69. The lowest BCUT2D eigenvalue weighted by Gasteiger charge is -2.28. The molecule has 0 unspecified atom stereocenters. The molecule has 3 rings (SSSR count). The summed E-state index contributed by atoms with van der Waals surface area (Å²) in [6, 6.07) is 14.9. The van der Waals surface area contributed by atoms with Gasteiger partial charge in [-0.25, -0.2) is 0 Å². The van der Waals surface area contributed by atoms with Crippen molar-refractivity contribution in [2.75, 3.05) is 26.7 Å². The molecule has 5 heteroatoms. The smallest absolute Gasteiger partial charge is 0.251 e. The third-order valence-corrected chi connectivity index (χ3v) is 5.51. The zero-order chi connectivity index (χ0) is 19.1. The van der Waals surface area contributed by atoms with Gasteiger partial charge >= 0.3 is 0 Å². The molecule has 1 fully saturated rings. The fourth-order valence-electron chi connectivity index (χ4n) is 3.32. The fourth-order valence-corrected chi connectivity index (χ4v) is 3.51. The van der Waals surface area contributed by atoms with Gasteiger partial charge in [0.15, 0.2) is 0 Å². The second-order valence-electron chi connectivity index (χ2n) is 7.20. The van der Waals surface area contributed by atoms with Crippen molar-refractivity contribution in [3.05, 3.63) is 64.7 Å². The quantitative estimate of drug-likeness (QED) is 0.767.